The molecule has 0 aliphatic heterocycles. The quantitative estimate of drug-likeness (QED) is 0.759. The summed E-state index contributed by atoms with van der Waals surface area (Å²) in [5, 5.41) is 3.95. The molecule has 3 aromatic rings. The maximum absolute atomic E-state index is 12.5. The molecule has 0 atom stereocenters. The van der Waals surface area contributed by atoms with E-state index in [-0.39, 0.29) is 11.5 Å². The van der Waals surface area contributed by atoms with E-state index < -0.39 is 0 Å². The highest BCUT2D eigenvalue weighted by molar-refractivity contribution is 6.05. The molecule has 0 saturated carbocycles. The highest BCUT2D eigenvalue weighted by Gasteiger charge is 2.16. The highest BCUT2D eigenvalue weighted by Crippen LogP contribution is 2.27. The predicted octanol–water partition coefficient (Wildman–Crippen LogP) is 3.67. The smallest absolute Gasteiger partial charge is 0.255 e. The molecular weight excluding hydrogens is 328 g/mol. The number of rotatable bonds is 3. The number of methoxy groups -OCH3 is 1. The number of fused-ring (bicyclic) bond motifs is 3. The zero-order chi connectivity index (χ0) is 18.1. The summed E-state index contributed by atoms with van der Waals surface area (Å²) in [6.45, 7) is 0. The standard InChI is InChI=1S/C21H20N2O3/c1-26-15-6-4-5-13(11-15)20(24)22-14-9-10-17-16-7-2-3-8-18(16)21(25)23-19(17)12-14/h4-6,9-12H,2-3,7-8H2,1H3,(H,22,24)(H,23,25). The maximum atomic E-state index is 12.5. The molecule has 0 fully saturated rings. The second-order valence-electron chi connectivity index (χ2n) is 6.56. The summed E-state index contributed by atoms with van der Waals surface area (Å²) in [7, 11) is 1.57. The maximum Gasteiger partial charge on any atom is 0.255 e. The molecule has 0 bridgehead atoms. The molecule has 1 aromatic heterocycles. The van der Waals surface area contributed by atoms with Gasteiger partial charge in [0, 0.05) is 22.2 Å². The van der Waals surface area contributed by atoms with E-state index in [1.807, 2.05) is 18.2 Å². The zero-order valence-electron chi connectivity index (χ0n) is 14.6. The van der Waals surface area contributed by atoms with E-state index in [4.69, 9.17) is 4.74 Å². The number of nitrogens with one attached hydrogen (secondary N) is 2. The first-order valence-corrected chi connectivity index (χ1v) is 8.79. The third kappa shape index (κ3) is 2.96. The Kier molecular flexibility index (Phi) is 4.21. The van der Waals surface area contributed by atoms with Gasteiger partial charge in [0.15, 0.2) is 0 Å². The summed E-state index contributed by atoms with van der Waals surface area (Å²) in [6, 6.07) is 12.7. The summed E-state index contributed by atoms with van der Waals surface area (Å²) in [4.78, 5) is 27.8. The third-order valence-corrected chi connectivity index (χ3v) is 4.92. The summed E-state index contributed by atoms with van der Waals surface area (Å²) >= 11 is 0. The molecule has 1 aliphatic carbocycles. The number of hydrogen-bond donors (Lipinski definition) is 2. The van der Waals surface area contributed by atoms with Gasteiger partial charge in [-0.3, -0.25) is 9.59 Å². The number of aryl methyl sites for hydroxylation is 1. The van der Waals surface area contributed by atoms with Crippen LogP contribution in [0.5, 0.6) is 5.75 Å². The fraction of sp³-hybridized carbons (Fsp3) is 0.238. The van der Waals surface area contributed by atoms with Gasteiger partial charge >= 0.3 is 0 Å². The average Bonchev–Trinajstić information content (AvgIpc) is 2.68. The lowest BCUT2D eigenvalue weighted by Gasteiger charge is -2.17. The number of pyridine rings is 1. The number of aromatic nitrogens is 1. The van der Waals surface area contributed by atoms with Gasteiger partial charge in [-0.2, -0.15) is 0 Å². The van der Waals surface area contributed by atoms with E-state index in [9.17, 15) is 9.59 Å². The van der Waals surface area contributed by atoms with Crippen LogP contribution in [-0.4, -0.2) is 18.0 Å². The van der Waals surface area contributed by atoms with Gasteiger partial charge in [-0.15, -0.1) is 0 Å². The van der Waals surface area contributed by atoms with Crippen LogP contribution in [0.2, 0.25) is 0 Å². The van der Waals surface area contributed by atoms with Crippen molar-refractivity contribution in [2.75, 3.05) is 12.4 Å². The normalized spacial score (nSPS) is 13.3. The lowest BCUT2D eigenvalue weighted by molar-refractivity contribution is 0.102. The first kappa shape index (κ1) is 16.4. The van der Waals surface area contributed by atoms with Crippen LogP contribution in [0.4, 0.5) is 5.69 Å². The number of carbonyl (C=O) groups excluding carboxylic acids is 1. The van der Waals surface area contributed by atoms with Crippen LogP contribution in [0, 0.1) is 0 Å². The lowest BCUT2D eigenvalue weighted by Crippen LogP contribution is -2.19. The first-order chi connectivity index (χ1) is 12.7. The summed E-state index contributed by atoms with van der Waals surface area (Å²) in [5.41, 5.74) is 3.99. The summed E-state index contributed by atoms with van der Waals surface area (Å²) < 4.78 is 5.16. The molecule has 0 unspecified atom stereocenters. The van der Waals surface area contributed by atoms with Gasteiger partial charge in [0.25, 0.3) is 11.5 Å². The molecule has 1 amide bonds. The van der Waals surface area contributed by atoms with Gasteiger partial charge in [-0.25, -0.2) is 0 Å². The van der Waals surface area contributed by atoms with Gasteiger partial charge in [-0.05, 0) is 61.6 Å². The number of aromatic amines is 1. The van der Waals surface area contributed by atoms with Gasteiger partial charge in [0.05, 0.1) is 12.6 Å². The monoisotopic (exact) mass is 348 g/mol. The number of ether oxygens (including phenoxy) is 1. The molecular formula is C21H20N2O3. The van der Waals surface area contributed by atoms with E-state index >= 15 is 0 Å². The number of anilines is 1. The van der Waals surface area contributed by atoms with Gasteiger partial charge in [-0.1, -0.05) is 12.1 Å². The Labute approximate surface area is 151 Å². The Morgan fingerprint density at radius 3 is 2.69 bits per heavy atom. The van der Waals surface area contributed by atoms with Crippen molar-refractivity contribution in [1.29, 1.82) is 0 Å². The van der Waals surface area contributed by atoms with Crippen LogP contribution in [-0.2, 0) is 12.8 Å². The fourth-order valence-electron chi connectivity index (χ4n) is 3.61. The van der Waals surface area contributed by atoms with Crippen LogP contribution in [0.15, 0.2) is 47.3 Å². The highest BCUT2D eigenvalue weighted by atomic mass is 16.5. The molecule has 0 radical (unpaired) electrons. The number of H-pyrrole nitrogens is 1. The van der Waals surface area contributed by atoms with Crippen molar-refractivity contribution < 1.29 is 9.53 Å². The third-order valence-electron chi connectivity index (χ3n) is 4.92. The van der Waals surface area contributed by atoms with Crippen LogP contribution in [0.3, 0.4) is 0 Å². The van der Waals surface area contributed by atoms with Crippen LogP contribution >= 0.6 is 0 Å². The van der Waals surface area contributed by atoms with Crippen molar-refractivity contribution in [3.63, 3.8) is 0 Å². The molecule has 4 rings (SSSR count). The molecule has 5 heteroatoms. The van der Waals surface area contributed by atoms with Crippen molar-refractivity contribution in [1.82, 2.24) is 4.98 Å². The zero-order valence-corrected chi connectivity index (χ0v) is 14.6. The van der Waals surface area contributed by atoms with E-state index in [1.165, 1.54) is 0 Å². The Hall–Kier alpha value is -3.08. The lowest BCUT2D eigenvalue weighted by atomic mass is 9.90. The molecule has 0 spiro atoms. The molecule has 132 valence electrons. The molecule has 1 heterocycles. The van der Waals surface area contributed by atoms with Crippen molar-refractivity contribution in [3.8, 4) is 5.75 Å². The van der Waals surface area contributed by atoms with E-state index in [2.05, 4.69) is 10.3 Å². The minimum atomic E-state index is -0.219. The largest absolute Gasteiger partial charge is 0.497 e. The van der Waals surface area contributed by atoms with Crippen LogP contribution < -0.4 is 15.6 Å². The molecule has 2 aromatic carbocycles. The van der Waals surface area contributed by atoms with Crippen LogP contribution in [0.25, 0.3) is 10.9 Å². The Balaban J connectivity index is 1.67. The van der Waals surface area contributed by atoms with Gasteiger partial charge < -0.3 is 15.0 Å². The molecule has 2 N–H and O–H groups in total. The van der Waals surface area contributed by atoms with Crippen LogP contribution in [0.1, 0.15) is 34.3 Å². The molecule has 5 nitrogen and oxygen atoms in total. The van der Waals surface area contributed by atoms with E-state index in [0.29, 0.717) is 17.0 Å². The molecule has 0 saturated heterocycles. The topological polar surface area (TPSA) is 71.2 Å². The van der Waals surface area contributed by atoms with Gasteiger partial charge in [0.1, 0.15) is 5.75 Å². The second kappa shape index (κ2) is 6.67. The Morgan fingerprint density at radius 2 is 1.88 bits per heavy atom. The summed E-state index contributed by atoms with van der Waals surface area (Å²) in [6.07, 6.45) is 3.95. The fourth-order valence-corrected chi connectivity index (χ4v) is 3.61. The second-order valence-corrected chi connectivity index (χ2v) is 6.56. The number of carbonyl (C=O) groups is 1. The van der Waals surface area contributed by atoms with Crippen molar-refractivity contribution >= 4 is 22.5 Å². The van der Waals surface area contributed by atoms with Crippen molar-refractivity contribution in [2.45, 2.75) is 25.7 Å². The molecule has 1 aliphatic rings. The number of hydrogen-bond acceptors (Lipinski definition) is 3. The Morgan fingerprint density at radius 1 is 1.08 bits per heavy atom. The van der Waals surface area contributed by atoms with Crippen molar-refractivity contribution in [2.24, 2.45) is 0 Å². The number of benzene rings is 2. The minimum absolute atomic E-state index is 0.0107. The summed E-state index contributed by atoms with van der Waals surface area (Å²) in [5.74, 6) is 0.413. The van der Waals surface area contributed by atoms with E-state index in [0.717, 1.165) is 47.7 Å². The first-order valence-electron chi connectivity index (χ1n) is 8.79. The van der Waals surface area contributed by atoms with Crippen molar-refractivity contribution in [3.05, 3.63) is 69.5 Å². The minimum Gasteiger partial charge on any atom is -0.497 e. The predicted molar refractivity (Wildman–Crippen MR) is 102 cm³/mol. The van der Waals surface area contributed by atoms with Gasteiger partial charge in [0.2, 0.25) is 0 Å². The van der Waals surface area contributed by atoms with E-state index in [1.54, 1.807) is 31.4 Å². The average molecular weight is 348 g/mol. The number of amides is 1. The Bertz CT molecular complexity index is 1050. The molecule has 26 heavy (non-hydrogen) atoms. The SMILES string of the molecule is COc1cccc(C(=O)Nc2ccc3c4c(c(=O)[nH]c3c2)CCCC4)c1.